The van der Waals surface area contributed by atoms with Gasteiger partial charge in [-0.2, -0.15) is 5.10 Å². The molecule has 1 aliphatic rings. The number of piperidine rings is 1. The average molecular weight is 395 g/mol. The maximum atomic E-state index is 12.7. The van der Waals surface area contributed by atoms with Crippen LogP contribution in [0.4, 0.5) is 0 Å². The number of hydrogen-bond donors (Lipinski definition) is 1. The Kier molecular flexibility index (Phi) is 5.48. The average Bonchev–Trinajstić information content (AvgIpc) is 3.46. The molecule has 0 aliphatic carbocycles. The van der Waals surface area contributed by atoms with E-state index in [4.69, 9.17) is 0 Å². The third-order valence-electron chi connectivity index (χ3n) is 4.85. The lowest BCUT2D eigenvalue weighted by Gasteiger charge is -2.31. The minimum absolute atomic E-state index is 0.0146. The largest absolute Gasteiger partial charge is 0.352 e. The lowest BCUT2D eigenvalue weighted by molar-refractivity contribution is -0.126. The highest BCUT2D eigenvalue weighted by Gasteiger charge is 2.29. The molecule has 4 rings (SSSR count). The van der Waals surface area contributed by atoms with Crippen LogP contribution in [0.15, 0.2) is 54.3 Å². The molecule has 144 valence electrons. The van der Waals surface area contributed by atoms with Crippen LogP contribution >= 0.6 is 11.3 Å². The molecular formula is C20H21N5O2S. The number of pyridine rings is 1. The number of aromatic nitrogens is 3. The fourth-order valence-electron chi connectivity index (χ4n) is 3.43. The van der Waals surface area contributed by atoms with Crippen LogP contribution < -0.4 is 5.32 Å². The van der Waals surface area contributed by atoms with Crippen molar-refractivity contribution < 1.29 is 9.59 Å². The Hall–Kier alpha value is -3.00. The van der Waals surface area contributed by atoms with Gasteiger partial charge in [-0.1, -0.05) is 12.1 Å². The lowest BCUT2D eigenvalue weighted by Crippen LogP contribution is -2.45. The molecule has 0 radical (unpaired) electrons. The number of carbonyl (C=O) groups is 2. The first-order valence-corrected chi connectivity index (χ1v) is 10.1. The van der Waals surface area contributed by atoms with Gasteiger partial charge in [-0.25, -0.2) is 9.67 Å². The second kappa shape index (κ2) is 8.35. The topological polar surface area (TPSA) is 80.1 Å². The van der Waals surface area contributed by atoms with Crippen molar-refractivity contribution in [3.63, 3.8) is 0 Å². The number of nitrogens with zero attached hydrogens (tertiary/aromatic N) is 4. The number of rotatable bonds is 5. The summed E-state index contributed by atoms with van der Waals surface area (Å²) in [6.07, 6.45) is 6.85. The Morgan fingerprint density at radius 3 is 2.93 bits per heavy atom. The Balaban J connectivity index is 1.39. The van der Waals surface area contributed by atoms with E-state index in [1.54, 1.807) is 22.0 Å². The molecule has 28 heavy (non-hydrogen) atoms. The van der Waals surface area contributed by atoms with Crippen molar-refractivity contribution in [2.24, 2.45) is 5.92 Å². The van der Waals surface area contributed by atoms with E-state index < -0.39 is 0 Å². The van der Waals surface area contributed by atoms with Crippen molar-refractivity contribution in [3.8, 4) is 5.82 Å². The number of carbonyl (C=O) groups excluding carboxylic acids is 2. The summed E-state index contributed by atoms with van der Waals surface area (Å²) < 4.78 is 1.68. The smallest absolute Gasteiger partial charge is 0.263 e. The molecule has 4 heterocycles. The van der Waals surface area contributed by atoms with E-state index in [1.165, 1.54) is 11.3 Å². The number of likely N-dealkylation sites (tertiary alicyclic amines) is 1. The summed E-state index contributed by atoms with van der Waals surface area (Å²) in [4.78, 5) is 32.2. The Morgan fingerprint density at radius 2 is 2.14 bits per heavy atom. The van der Waals surface area contributed by atoms with Crippen LogP contribution in [0.1, 0.15) is 28.1 Å². The van der Waals surface area contributed by atoms with Gasteiger partial charge < -0.3 is 10.2 Å². The summed E-state index contributed by atoms with van der Waals surface area (Å²) in [5, 5.41) is 9.12. The first-order valence-electron chi connectivity index (χ1n) is 9.27. The molecule has 0 aromatic carbocycles. The predicted octanol–water partition coefficient (Wildman–Crippen LogP) is 2.50. The highest BCUT2D eigenvalue weighted by atomic mass is 32.1. The normalized spacial score (nSPS) is 16.7. The van der Waals surface area contributed by atoms with Gasteiger partial charge in [0.2, 0.25) is 5.91 Å². The maximum absolute atomic E-state index is 12.7. The summed E-state index contributed by atoms with van der Waals surface area (Å²) in [7, 11) is 0. The predicted molar refractivity (Wildman–Crippen MR) is 106 cm³/mol. The molecule has 0 saturated carbocycles. The lowest BCUT2D eigenvalue weighted by atomic mass is 9.97. The number of thiophene rings is 1. The molecule has 1 saturated heterocycles. The van der Waals surface area contributed by atoms with Crippen LogP contribution in [-0.4, -0.2) is 44.6 Å². The molecule has 3 aromatic rings. The van der Waals surface area contributed by atoms with Crippen LogP contribution in [0.2, 0.25) is 0 Å². The third kappa shape index (κ3) is 3.96. The Morgan fingerprint density at radius 1 is 1.21 bits per heavy atom. The van der Waals surface area contributed by atoms with Crippen molar-refractivity contribution in [2.45, 2.75) is 19.4 Å². The van der Waals surface area contributed by atoms with Crippen LogP contribution in [0.25, 0.3) is 5.82 Å². The van der Waals surface area contributed by atoms with Crippen LogP contribution in [-0.2, 0) is 11.3 Å². The van der Waals surface area contributed by atoms with Gasteiger partial charge >= 0.3 is 0 Å². The molecule has 8 heteroatoms. The Labute approximate surface area is 167 Å². The highest BCUT2D eigenvalue weighted by Crippen LogP contribution is 2.21. The SMILES string of the molecule is O=C(NCc1cccnc1-n1cccn1)C1CCCN(C(=O)c2cccs2)C1. The fourth-order valence-corrected chi connectivity index (χ4v) is 4.12. The second-order valence-corrected chi connectivity index (χ2v) is 7.67. The van der Waals surface area contributed by atoms with Gasteiger partial charge in [0.1, 0.15) is 0 Å². The van der Waals surface area contributed by atoms with E-state index in [0.717, 1.165) is 23.3 Å². The molecular weight excluding hydrogens is 374 g/mol. The van der Waals surface area contributed by atoms with E-state index in [9.17, 15) is 9.59 Å². The fraction of sp³-hybridized carbons (Fsp3) is 0.300. The minimum atomic E-state index is -0.192. The van der Waals surface area contributed by atoms with Crippen molar-refractivity contribution in [1.82, 2.24) is 25.0 Å². The zero-order chi connectivity index (χ0) is 19.3. The van der Waals surface area contributed by atoms with Gasteiger partial charge in [-0.05, 0) is 36.4 Å². The number of nitrogens with one attached hydrogen (secondary N) is 1. The van der Waals surface area contributed by atoms with Gasteiger partial charge in [-0.15, -0.1) is 11.3 Å². The van der Waals surface area contributed by atoms with E-state index in [-0.39, 0.29) is 17.7 Å². The van der Waals surface area contributed by atoms with Crippen molar-refractivity contribution in [3.05, 3.63) is 64.7 Å². The second-order valence-electron chi connectivity index (χ2n) is 6.72. The number of hydrogen-bond acceptors (Lipinski definition) is 5. The molecule has 3 aromatic heterocycles. The quantitative estimate of drug-likeness (QED) is 0.720. The van der Waals surface area contributed by atoms with Crippen molar-refractivity contribution in [2.75, 3.05) is 13.1 Å². The first-order chi connectivity index (χ1) is 13.7. The summed E-state index contributed by atoms with van der Waals surface area (Å²) in [6.45, 7) is 1.53. The van der Waals surface area contributed by atoms with Gasteiger partial charge in [0.15, 0.2) is 5.82 Å². The van der Waals surface area contributed by atoms with Crippen LogP contribution in [0.5, 0.6) is 0 Å². The van der Waals surface area contributed by atoms with E-state index in [0.29, 0.717) is 25.5 Å². The van der Waals surface area contributed by atoms with E-state index in [1.807, 2.05) is 41.9 Å². The molecule has 0 spiro atoms. The molecule has 1 atom stereocenters. The minimum Gasteiger partial charge on any atom is -0.352 e. The van der Waals surface area contributed by atoms with Gasteiger partial charge in [-0.3, -0.25) is 9.59 Å². The first kappa shape index (κ1) is 18.4. The summed E-state index contributed by atoms with van der Waals surface area (Å²) in [5.74, 6) is 0.494. The molecule has 2 amide bonds. The summed E-state index contributed by atoms with van der Waals surface area (Å²) in [5.41, 5.74) is 0.891. The molecule has 1 N–H and O–H groups in total. The molecule has 1 unspecified atom stereocenters. The molecule has 7 nitrogen and oxygen atoms in total. The standard InChI is InChI=1S/C20H21N5O2S/c26-19(16-6-2-10-24(14-16)20(27)17-7-3-12-28-17)22-13-15-5-1-8-21-18(15)25-11-4-9-23-25/h1,3-5,7-9,11-12,16H,2,6,10,13-14H2,(H,22,26). The molecule has 0 bridgehead atoms. The van der Waals surface area contributed by atoms with Gasteiger partial charge in [0.25, 0.3) is 5.91 Å². The van der Waals surface area contributed by atoms with Crippen LogP contribution in [0.3, 0.4) is 0 Å². The monoisotopic (exact) mass is 395 g/mol. The maximum Gasteiger partial charge on any atom is 0.263 e. The van der Waals surface area contributed by atoms with E-state index >= 15 is 0 Å². The van der Waals surface area contributed by atoms with Crippen molar-refractivity contribution >= 4 is 23.2 Å². The highest BCUT2D eigenvalue weighted by molar-refractivity contribution is 7.12. The Bertz CT molecular complexity index is 939. The van der Waals surface area contributed by atoms with Gasteiger partial charge in [0.05, 0.1) is 10.8 Å². The zero-order valence-corrected chi connectivity index (χ0v) is 16.1. The van der Waals surface area contributed by atoms with Crippen LogP contribution in [0, 0.1) is 5.92 Å². The van der Waals surface area contributed by atoms with Gasteiger partial charge in [0, 0.05) is 43.8 Å². The third-order valence-corrected chi connectivity index (χ3v) is 5.71. The molecule has 1 aliphatic heterocycles. The van der Waals surface area contributed by atoms with Crippen molar-refractivity contribution in [1.29, 1.82) is 0 Å². The van der Waals surface area contributed by atoms with E-state index in [2.05, 4.69) is 15.4 Å². The molecule has 1 fully saturated rings. The summed E-state index contributed by atoms with van der Waals surface area (Å²) >= 11 is 1.44. The zero-order valence-electron chi connectivity index (χ0n) is 15.3. The summed E-state index contributed by atoms with van der Waals surface area (Å²) in [6, 6.07) is 9.31. The number of amides is 2.